The van der Waals surface area contributed by atoms with Crippen LogP contribution in [0.1, 0.15) is 24.8 Å². The summed E-state index contributed by atoms with van der Waals surface area (Å²) in [6.07, 6.45) is -4.08. The van der Waals surface area contributed by atoms with Crippen molar-refractivity contribution in [2.75, 3.05) is 13.2 Å². The highest BCUT2D eigenvalue weighted by molar-refractivity contribution is 7.92. The normalized spacial score (nSPS) is 20.3. The number of nitrogens with zero attached hydrogens (tertiary/aromatic N) is 2. The lowest BCUT2D eigenvalue weighted by atomic mass is 10.1. The summed E-state index contributed by atoms with van der Waals surface area (Å²) in [5.41, 5.74) is -0.433. The smallest absolute Gasteiger partial charge is 0.422 e. The van der Waals surface area contributed by atoms with Crippen LogP contribution in [0.3, 0.4) is 0 Å². The number of hydrogen-bond donors (Lipinski definition) is 1. The van der Waals surface area contributed by atoms with Crippen molar-refractivity contribution in [1.29, 1.82) is 5.26 Å². The van der Waals surface area contributed by atoms with Crippen LogP contribution >= 0.6 is 23.2 Å². The molecule has 208 valence electrons. The van der Waals surface area contributed by atoms with Crippen LogP contribution in [0.5, 0.6) is 5.75 Å². The first-order chi connectivity index (χ1) is 18.2. The fourth-order valence-electron chi connectivity index (χ4n) is 4.28. The molecule has 0 bridgehead atoms. The van der Waals surface area contributed by atoms with E-state index >= 15 is 0 Å². The van der Waals surface area contributed by atoms with Crippen LogP contribution in [0, 0.1) is 11.3 Å². The highest BCUT2D eigenvalue weighted by Gasteiger charge is 2.50. The average Bonchev–Trinajstić information content (AvgIpc) is 3.48. The van der Waals surface area contributed by atoms with E-state index in [-0.39, 0.29) is 35.1 Å². The van der Waals surface area contributed by atoms with Gasteiger partial charge >= 0.3 is 6.18 Å². The summed E-state index contributed by atoms with van der Waals surface area (Å²) < 4.78 is 69.1. The minimum absolute atomic E-state index is 0.122. The Kier molecular flexibility index (Phi) is 8.08. The second kappa shape index (κ2) is 10.9. The molecule has 2 atom stereocenters. The lowest BCUT2D eigenvalue weighted by Gasteiger charge is -2.25. The Hall–Kier alpha value is -3.01. The van der Waals surface area contributed by atoms with Crippen LogP contribution in [0.15, 0.2) is 47.4 Å². The van der Waals surface area contributed by atoms with E-state index < -0.39 is 51.3 Å². The fraction of sp³-hybridized carbons (Fsp3) is 0.400. The second-order valence-electron chi connectivity index (χ2n) is 9.45. The number of carbonyl (C=O) groups is 2. The standard InChI is InChI=1S/C25H22Cl2F3N3O5S/c26-16-3-1-15(2-4-16)9-22(34)33-12-18(11-20(33)23(35)32-24(13-31)7-8-24)39(36,37)21-6-5-17(10-19(21)27)38-14-25(28,29)30/h1-6,10,18,20H,7-9,11-12,14H2,(H,32,35). The number of nitriles is 1. The Morgan fingerprint density at radius 1 is 1.15 bits per heavy atom. The molecule has 0 radical (unpaired) electrons. The van der Waals surface area contributed by atoms with E-state index in [1.807, 2.05) is 6.07 Å². The van der Waals surface area contributed by atoms with Gasteiger partial charge in [-0.1, -0.05) is 35.3 Å². The maximum absolute atomic E-state index is 13.5. The topological polar surface area (TPSA) is 117 Å². The van der Waals surface area contributed by atoms with E-state index in [4.69, 9.17) is 23.2 Å². The molecule has 1 saturated heterocycles. The van der Waals surface area contributed by atoms with Crippen LogP contribution in [-0.2, 0) is 25.8 Å². The largest absolute Gasteiger partial charge is 0.484 e. The fourth-order valence-corrected chi connectivity index (χ4v) is 6.64. The number of alkyl halides is 3. The SMILES string of the molecule is N#CC1(NC(=O)C2CC(S(=O)(=O)c3ccc(OCC(F)(F)F)cc3Cl)CN2C(=O)Cc2ccc(Cl)cc2)CC1. The quantitative estimate of drug-likeness (QED) is 0.486. The summed E-state index contributed by atoms with van der Waals surface area (Å²) in [6.45, 7) is -1.90. The summed E-state index contributed by atoms with van der Waals surface area (Å²) in [6, 6.07) is 10.4. The van der Waals surface area contributed by atoms with Crippen LogP contribution < -0.4 is 10.1 Å². The zero-order valence-electron chi connectivity index (χ0n) is 20.2. The minimum atomic E-state index is -4.59. The van der Waals surface area contributed by atoms with Crippen LogP contribution in [0.25, 0.3) is 0 Å². The molecule has 2 amide bonds. The average molecular weight is 604 g/mol. The first-order valence-electron chi connectivity index (χ1n) is 11.7. The number of halogens is 5. The van der Waals surface area contributed by atoms with Gasteiger partial charge in [0.15, 0.2) is 16.4 Å². The van der Waals surface area contributed by atoms with Crippen molar-refractivity contribution < 1.29 is 35.9 Å². The lowest BCUT2D eigenvalue weighted by molar-refractivity contribution is -0.153. The highest BCUT2D eigenvalue weighted by atomic mass is 35.5. The molecule has 8 nitrogen and oxygen atoms in total. The van der Waals surface area contributed by atoms with Gasteiger partial charge in [-0.05, 0) is 49.1 Å². The first kappa shape index (κ1) is 29.0. The number of ether oxygens (including phenoxy) is 1. The molecular formula is C25H22Cl2F3N3O5S. The third-order valence-corrected chi connectivity index (χ3v) is 9.40. The van der Waals surface area contributed by atoms with Gasteiger partial charge in [0.2, 0.25) is 11.8 Å². The molecule has 1 aliphatic heterocycles. The molecule has 14 heteroatoms. The van der Waals surface area contributed by atoms with E-state index in [9.17, 15) is 36.4 Å². The van der Waals surface area contributed by atoms with Gasteiger partial charge in [0.25, 0.3) is 0 Å². The first-order valence-corrected chi connectivity index (χ1v) is 14.0. The van der Waals surface area contributed by atoms with E-state index in [2.05, 4.69) is 10.1 Å². The van der Waals surface area contributed by atoms with Gasteiger partial charge in [-0.3, -0.25) is 9.59 Å². The number of benzene rings is 2. The number of hydrogen-bond acceptors (Lipinski definition) is 6. The highest BCUT2D eigenvalue weighted by Crippen LogP contribution is 2.37. The van der Waals surface area contributed by atoms with E-state index in [1.165, 1.54) is 4.90 Å². The number of sulfone groups is 1. The molecule has 0 spiro atoms. The van der Waals surface area contributed by atoms with Gasteiger partial charge < -0.3 is 15.0 Å². The van der Waals surface area contributed by atoms with E-state index in [0.29, 0.717) is 23.4 Å². The monoisotopic (exact) mass is 603 g/mol. The summed E-state index contributed by atoms with van der Waals surface area (Å²) in [4.78, 5) is 27.2. The predicted molar refractivity (Wildman–Crippen MR) is 135 cm³/mol. The number of amides is 2. The lowest BCUT2D eigenvalue weighted by Crippen LogP contribution is -2.49. The molecule has 1 saturated carbocycles. The van der Waals surface area contributed by atoms with Gasteiger partial charge in [-0.2, -0.15) is 18.4 Å². The molecule has 2 aromatic rings. The minimum Gasteiger partial charge on any atom is -0.484 e. The molecule has 0 aromatic heterocycles. The van der Waals surface area contributed by atoms with Crippen molar-refractivity contribution in [2.24, 2.45) is 0 Å². The van der Waals surface area contributed by atoms with Gasteiger partial charge in [-0.25, -0.2) is 8.42 Å². The van der Waals surface area contributed by atoms with Gasteiger partial charge in [-0.15, -0.1) is 0 Å². The molecule has 1 heterocycles. The van der Waals surface area contributed by atoms with Crippen LogP contribution in [0.2, 0.25) is 10.0 Å². The number of likely N-dealkylation sites (tertiary alicyclic amines) is 1. The molecule has 2 unspecified atom stereocenters. The number of nitrogens with one attached hydrogen (secondary N) is 1. The van der Waals surface area contributed by atoms with Crippen LogP contribution in [-0.4, -0.2) is 61.3 Å². The third-order valence-electron chi connectivity index (χ3n) is 6.53. The van der Waals surface area contributed by atoms with Crippen molar-refractivity contribution in [3.05, 3.63) is 58.1 Å². The summed E-state index contributed by atoms with van der Waals surface area (Å²) in [5, 5.41) is 10.9. The van der Waals surface area contributed by atoms with E-state index in [0.717, 1.165) is 18.2 Å². The maximum atomic E-state index is 13.5. The van der Waals surface area contributed by atoms with Gasteiger partial charge in [0.05, 0.1) is 27.7 Å². The van der Waals surface area contributed by atoms with Crippen molar-refractivity contribution in [2.45, 2.75) is 53.6 Å². The maximum Gasteiger partial charge on any atom is 0.422 e. The molecular weight excluding hydrogens is 582 g/mol. The molecule has 2 aliphatic rings. The van der Waals surface area contributed by atoms with Crippen LogP contribution in [0.4, 0.5) is 13.2 Å². The number of rotatable bonds is 8. The Bertz CT molecular complexity index is 1420. The summed E-state index contributed by atoms with van der Waals surface area (Å²) >= 11 is 12.0. The molecule has 1 N–H and O–H groups in total. The molecule has 2 fully saturated rings. The number of carbonyl (C=O) groups excluding carboxylic acids is 2. The Morgan fingerprint density at radius 3 is 2.38 bits per heavy atom. The molecule has 39 heavy (non-hydrogen) atoms. The second-order valence-corrected chi connectivity index (χ2v) is 12.5. The Morgan fingerprint density at radius 2 is 1.82 bits per heavy atom. The van der Waals surface area contributed by atoms with Crippen molar-refractivity contribution >= 4 is 44.9 Å². The summed E-state index contributed by atoms with van der Waals surface area (Å²) in [5.74, 6) is -1.41. The molecule has 4 rings (SSSR count). The Balaban J connectivity index is 1.57. The van der Waals surface area contributed by atoms with Crippen molar-refractivity contribution in [1.82, 2.24) is 10.2 Å². The Labute approximate surface area is 232 Å². The molecule has 2 aromatic carbocycles. The third kappa shape index (κ3) is 6.77. The molecule has 1 aliphatic carbocycles. The van der Waals surface area contributed by atoms with Crippen molar-refractivity contribution in [3.63, 3.8) is 0 Å². The predicted octanol–water partition coefficient (Wildman–Crippen LogP) is 4.09. The zero-order chi connectivity index (χ0) is 28.6. The summed E-state index contributed by atoms with van der Waals surface area (Å²) in [7, 11) is -4.24. The zero-order valence-corrected chi connectivity index (χ0v) is 22.5. The van der Waals surface area contributed by atoms with Gasteiger partial charge in [0.1, 0.15) is 17.3 Å². The van der Waals surface area contributed by atoms with Crippen molar-refractivity contribution in [3.8, 4) is 11.8 Å². The van der Waals surface area contributed by atoms with Gasteiger partial charge in [0, 0.05) is 17.6 Å². The van der Waals surface area contributed by atoms with E-state index in [1.54, 1.807) is 24.3 Å².